The topological polar surface area (TPSA) is 94.6 Å². The van der Waals surface area contributed by atoms with E-state index >= 15 is 0 Å². The number of hydrogen-bond acceptors (Lipinski definition) is 6. The molecule has 22 heavy (non-hydrogen) atoms. The second kappa shape index (κ2) is 7.11. The van der Waals surface area contributed by atoms with Crippen molar-refractivity contribution >= 4 is 17.4 Å². The van der Waals surface area contributed by atoms with E-state index in [-0.39, 0.29) is 6.01 Å². The minimum Gasteiger partial charge on any atom is -0.493 e. The van der Waals surface area contributed by atoms with Crippen LogP contribution in [0.25, 0.3) is 0 Å². The van der Waals surface area contributed by atoms with Crippen LogP contribution in [0.15, 0.2) is 30.6 Å². The molecule has 2 amide bonds. The van der Waals surface area contributed by atoms with Crippen LogP contribution in [0.5, 0.6) is 17.5 Å². The van der Waals surface area contributed by atoms with Crippen LogP contribution in [-0.2, 0) is 0 Å². The highest BCUT2D eigenvalue weighted by atomic mass is 16.5. The Morgan fingerprint density at radius 3 is 2.32 bits per heavy atom. The van der Waals surface area contributed by atoms with E-state index in [1.807, 2.05) is 0 Å². The van der Waals surface area contributed by atoms with Crippen LogP contribution < -0.4 is 24.8 Å². The number of ether oxygens (including phenoxy) is 3. The van der Waals surface area contributed by atoms with Gasteiger partial charge in [0.1, 0.15) is 0 Å². The molecule has 0 fully saturated rings. The number of nitrogens with one attached hydrogen (secondary N) is 2. The van der Waals surface area contributed by atoms with Crippen molar-refractivity contribution in [3.63, 3.8) is 0 Å². The molecule has 0 atom stereocenters. The monoisotopic (exact) mass is 304 g/mol. The molecule has 1 aromatic heterocycles. The fraction of sp³-hybridized carbons (Fsp3) is 0.214. The number of carbonyl (C=O) groups excluding carboxylic acids is 1. The van der Waals surface area contributed by atoms with E-state index in [1.54, 1.807) is 18.2 Å². The van der Waals surface area contributed by atoms with Gasteiger partial charge in [-0.1, -0.05) is 6.07 Å². The van der Waals surface area contributed by atoms with Gasteiger partial charge in [0.05, 0.1) is 45.1 Å². The number of hydrogen-bond donors (Lipinski definition) is 2. The summed E-state index contributed by atoms with van der Waals surface area (Å²) in [5, 5.41) is 5.27. The second-order valence-corrected chi connectivity index (χ2v) is 4.08. The van der Waals surface area contributed by atoms with Crippen LogP contribution >= 0.6 is 0 Å². The highest BCUT2D eigenvalue weighted by molar-refractivity contribution is 6.00. The number of methoxy groups -OCH3 is 3. The van der Waals surface area contributed by atoms with Gasteiger partial charge < -0.3 is 24.8 Å². The Morgan fingerprint density at radius 1 is 1.00 bits per heavy atom. The van der Waals surface area contributed by atoms with Gasteiger partial charge >= 0.3 is 12.0 Å². The first-order valence-corrected chi connectivity index (χ1v) is 6.33. The van der Waals surface area contributed by atoms with Crippen LogP contribution in [-0.4, -0.2) is 37.3 Å². The Balaban J connectivity index is 2.08. The highest BCUT2D eigenvalue weighted by Gasteiger charge is 2.12. The van der Waals surface area contributed by atoms with Gasteiger partial charge in [0.15, 0.2) is 11.5 Å². The summed E-state index contributed by atoms with van der Waals surface area (Å²) in [6.45, 7) is 0. The van der Waals surface area contributed by atoms with Gasteiger partial charge in [0, 0.05) is 0 Å². The molecule has 116 valence electrons. The summed E-state index contributed by atoms with van der Waals surface area (Å²) in [4.78, 5) is 19.8. The molecule has 0 aliphatic carbocycles. The van der Waals surface area contributed by atoms with Crippen molar-refractivity contribution in [3.8, 4) is 17.5 Å². The molecular formula is C14H16N4O4. The lowest BCUT2D eigenvalue weighted by atomic mass is 10.2. The molecule has 0 aliphatic heterocycles. The third kappa shape index (κ3) is 3.54. The van der Waals surface area contributed by atoms with E-state index in [4.69, 9.17) is 14.2 Å². The molecule has 1 heterocycles. The number of aromatic nitrogens is 2. The minimum atomic E-state index is -0.458. The zero-order valence-electron chi connectivity index (χ0n) is 12.4. The highest BCUT2D eigenvalue weighted by Crippen LogP contribution is 2.34. The molecule has 0 bridgehead atoms. The lowest BCUT2D eigenvalue weighted by molar-refractivity contribution is 0.262. The molecule has 0 saturated carbocycles. The third-order valence-corrected chi connectivity index (χ3v) is 2.72. The first-order chi connectivity index (χ1) is 10.7. The number of benzene rings is 1. The quantitative estimate of drug-likeness (QED) is 0.879. The van der Waals surface area contributed by atoms with E-state index < -0.39 is 6.03 Å². The van der Waals surface area contributed by atoms with Crippen molar-refractivity contribution in [2.45, 2.75) is 0 Å². The number of amides is 2. The number of nitrogens with zero attached hydrogens (tertiary/aromatic N) is 2. The van der Waals surface area contributed by atoms with Gasteiger partial charge in [-0.3, -0.25) is 0 Å². The Morgan fingerprint density at radius 2 is 1.73 bits per heavy atom. The smallest absolute Gasteiger partial charge is 0.323 e. The fourth-order valence-corrected chi connectivity index (χ4v) is 1.76. The number of para-hydroxylation sites is 1. The summed E-state index contributed by atoms with van der Waals surface area (Å²) in [5.41, 5.74) is 0.911. The second-order valence-electron chi connectivity index (χ2n) is 4.08. The maximum Gasteiger partial charge on any atom is 0.323 e. The SMILES string of the molecule is COc1ncc(NC(=O)Nc2cccc(OC)c2OC)cn1. The molecule has 0 radical (unpaired) electrons. The van der Waals surface area contributed by atoms with Crippen LogP contribution in [0.3, 0.4) is 0 Å². The average molecular weight is 304 g/mol. The van der Waals surface area contributed by atoms with Gasteiger partial charge in [-0.05, 0) is 12.1 Å². The number of anilines is 2. The molecule has 2 N–H and O–H groups in total. The van der Waals surface area contributed by atoms with E-state index in [0.29, 0.717) is 22.9 Å². The standard InChI is InChI=1S/C14H16N4O4/c1-20-11-6-4-5-10(12(11)21-2)18-13(19)17-9-7-15-14(22-3)16-8-9/h4-8H,1-3H3,(H2,17,18,19). The molecule has 0 unspecified atom stereocenters. The average Bonchev–Trinajstić information content (AvgIpc) is 2.55. The maximum atomic E-state index is 12.0. The Bertz CT molecular complexity index is 646. The Labute approximate surface area is 127 Å². The molecule has 0 aliphatic rings. The Kier molecular flexibility index (Phi) is 4.97. The zero-order chi connectivity index (χ0) is 15.9. The van der Waals surface area contributed by atoms with Crippen LogP contribution in [0.1, 0.15) is 0 Å². The van der Waals surface area contributed by atoms with Crippen molar-refractivity contribution in [1.29, 1.82) is 0 Å². The van der Waals surface area contributed by atoms with Crippen molar-refractivity contribution in [1.82, 2.24) is 9.97 Å². The van der Waals surface area contributed by atoms with Crippen molar-refractivity contribution in [2.75, 3.05) is 32.0 Å². The summed E-state index contributed by atoms with van der Waals surface area (Å²) in [6.07, 6.45) is 2.88. The Hall–Kier alpha value is -3.03. The largest absolute Gasteiger partial charge is 0.493 e. The lowest BCUT2D eigenvalue weighted by Crippen LogP contribution is -2.20. The number of urea groups is 1. The number of carbonyl (C=O) groups is 1. The van der Waals surface area contributed by atoms with E-state index in [9.17, 15) is 4.79 Å². The predicted octanol–water partition coefficient (Wildman–Crippen LogP) is 2.15. The van der Waals surface area contributed by atoms with Crippen molar-refractivity contribution in [2.24, 2.45) is 0 Å². The molecule has 8 nitrogen and oxygen atoms in total. The van der Waals surface area contributed by atoms with E-state index in [0.717, 1.165) is 0 Å². The van der Waals surface area contributed by atoms with Crippen LogP contribution in [0.4, 0.5) is 16.2 Å². The zero-order valence-corrected chi connectivity index (χ0v) is 12.4. The summed E-state index contributed by atoms with van der Waals surface area (Å²) in [6, 6.07) is 4.94. The normalized spacial score (nSPS) is 9.77. The first-order valence-electron chi connectivity index (χ1n) is 6.33. The summed E-state index contributed by atoms with van der Waals surface area (Å²) >= 11 is 0. The van der Waals surface area contributed by atoms with Gasteiger partial charge in [0.2, 0.25) is 0 Å². The maximum absolute atomic E-state index is 12.0. The van der Waals surface area contributed by atoms with Crippen LogP contribution in [0.2, 0.25) is 0 Å². The fourth-order valence-electron chi connectivity index (χ4n) is 1.76. The third-order valence-electron chi connectivity index (χ3n) is 2.72. The van der Waals surface area contributed by atoms with E-state index in [2.05, 4.69) is 20.6 Å². The van der Waals surface area contributed by atoms with E-state index in [1.165, 1.54) is 33.7 Å². The molecule has 0 spiro atoms. The van der Waals surface area contributed by atoms with Gasteiger partial charge in [0.25, 0.3) is 0 Å². The van der Waals surface area contributed by atoms with Crippen molar-refractivity contribution < 1.29 is 19.0 Å². The molecule has 2 rings (SSSR count). The minimum absolute atomic E-state index is 0.223. The van der Waals surface area contributed by atoms with Crippen molar-refractivity contribution in [3.05, 3.63) is 30.6 Å². The molecule has 1 aromatic carbocycles. The first kappa shape index (κ1) is 15.4. The van der Waals surface area contributed by atoms with Gasteiger partial charge in [-0.15, -0.1) is 0 Å². The molecule has 0 saturated heterocycles. The van der Waals surface area contributed by atoms with Gasteiger partial charge in [-0.25, -0.2) is 14.8 Å². The van der Waals surface area contributed by atoms with Crippen LogP contribution in [0, 0.1) is 0 Å². The van der Waals surface area contributed by atoms with Gasteiger partial charge in [-0.2, -0.15) is 0 Å². The predicted molar refractivity (Wildman–Crippen MR) is 80.8 cm³/mol. The lowest BCUT2D eigenvalue weighted by Gasteiger charge is -2.13. The molecule has 2 aromatic rings. The summed E-state index contributed by atoms with van der Waals surface area (Å²) in [7, 11) is 4.48. The molecular weight excluding hydrogens is 288 g/mol. The molecule has 8 heteroatoms. The summed E-state index contributed by atoms with van der Waals surface area (Å²) in [5.74, 6) is 0.958. The number of rotatable bonds is 5. The summed E-state index contributed by atoms with van der Waals surface area (Å²) < 4.78 is 15.3.